The summed E-state index contributed by atoms with van der Waals surface area (Å²) in [7, 11) is 5.90. The molecule has 2 aromatic carbocycles. The number of anilines is 2. The molecule has 37 heavy (non-hydrogen) atoms. The van der Waals surface area contributed by atoms with E-state index in [0.29, 0.717) is 0 Å². The molecular formula is C24H16F10N2O. The van der Waals surface area contributed by atoms with E-state index >= 15 is 26.3 Å². The molecule has 0 saturated heterocycles. The van der Waals surface area contributed by atoms with Gasteiger partial charge in [-0.25, -0.2) is 0 Å². The summed E-state index contributed by atoms with van der Waals surface area (Å²) in [6, 6.07) is 3.88. The van der Waals surface area contributed by atoms with E-state index in [4.69, 9.17) is 0 Å². The maximum absolute atomic E-state index is 15.2. The summed E-state index contributed by atoms with van der Waals surface area (Å²) < 4.78 is 150. The number of hydrogen-bond acceptors (Lipinski definition) is 3. The van der Waals surface area contributed by atoms with E-state index < -0.39 is 74.2 Å². The highest BCUT2D eigenvalue weighted by atomic mass is 19.3. The number of nitrogens with zero attached hydrogens (tertiary/aromatic N) is 2. The molecule has 0 fully saturated rings. The standard InChI is InChI=1S/C24H16F10N2O/c1-35(2)11-7-5-9-13-10(6-8-12(14(11)13)36(3)4)17-18(22(29,30)24(33,34)21(17,27)28)15-16(9)20(25,26)23(31,32)19(15)37/h5-8H,1-4H3. The molecule has 0 unspecified atom stereocenters. The van der Waals surface area contributed by atoms with Gasteiger partial charge in [0.05, 0.1) is 0 Å². The van der Waals surface area contributed by atoms with Crippen molar-refractivity contribution in [2.24, 2.45) is 0 Å². The third-order valence-corrected chi connectivity index (χ3v) is 7.01. The Morgan fingerprint density at radius 3 is 1.43 bits per heavy atom. The summed E-state index contributed by atoms with van der Waals surface area (Å²) in [5, 5.41) is -0.786. The van der Waals surface area contributed by atoms with Gasteiger partial charge in [0.25, 0.3) is 0 Å². The van der Waals surface area contributed by atoms with Gasteiger partial charge in [-0.2, -0.15) is 43.9 Å². The van der Waals surface area contributed by atoms with Crippen LogP contribution < -0.4 is 9.80 Å². The smallest absolute Gasteiger partial charge is 0.377 e. The molecule has 0 aromatic heterocycles. The topological polar surface area (TPSA) is 23.6 Å². The average Bonchev–Trinajstić information content (AvgIpc) is 2.92. The quantitative estimate of drug-likeness (QED) is 0.422. The number of alkyl halides is 10. The Morgan fingerprint density at radius 1 is 0.541 bits per heavy atom. The van der Waals surface area contributed by atoms with Gasteiger partial charge in [0, 0.05) is 72.6 Å². The lowest BCUT2D eigenvalue weighted by molar-refractivity contribution is -0.259. The second-order valence-electron chi connectivity index (χ2n) is 9.50. The van der Waals surface area contributed by atoms with Crippen LogP contribution in [0.3, 0.4) is 0 Å². The number of benzene rings is 2. The second-order valence-corrected chi connectivity index (χ2v) is 9.50. The van der Waals surface area contributed by atoms with Gasteiger partial charge in [-0.3, -0.25) is 4.79 Å². The number of carbonyl (C=O) groups excluding carboxylic acids is 1. The van der Waals surface area contributed by atoms with Crippen LogP contribution in [0.15, 0.2) is 35.4 Å². The Morgan fingerprint density at radius 2 is 0.973 bits per heavy atom. The molecule has 13 heteroatoms. The first kappa shape index (κ1) is 25.4. The van der Waals surface area contributed by atoms with E-state index in [1.807, 2.05) is 0 Å². The van der Waals surface area contributed by atoms with Crippen LogP contribution in [0.4, 0.5) is 55.3 Å². The molecule has 3 nitrogen and oxygen atoms in total. The van der Waals surface area contributed by atoms with Crippen molar-refractivity contribution in [1.82, 2.24) is 0 Å². The summed E-state index contributed by atoms with van der Waals surface area (Å²) in [6.45, 7) is 0. The normalized spacial score (nSPS) is 23.8. The molecule has 0 N–H and O–H groups in total. The van der Waals surface area contributed by atoms with Crippen LogP contribution in [-0.2, 0) is 4.79 Å². The second kappa shape index (κ2) is 6.79. The van der Waals surface area contributed by atoms with Gasteiger partial charge in [0.2, 0.25) is 5.78 Å². The fourth-order valence-electron chi connectivity index (χ4n) is 5.30. The molecule has 3 aliphatic carbocycles. The van der Waals surface area contributed by atoms with Crippen molar-refractivity contribution < 1.29 is 48.7 Å². The number of allylic oxidation sites excluding steroid dienone is 4. The SMILES string of the molecule is CN(C)c1ccc2c3c(ccc(N(C)C)c13)C1=C(C3=C2C(F)(F)C(F)(F)C3=O)C(F)(F)C(F)(F)C1(F)F. The van der Waals surface area contributed by atoms with Crippen molar-refractivity contribution in [3.05, 3.63) is 46.5 Å². The largest absolute Gasteiger partial charge is 0.380 e. The van der Waals surface area contributed by atoms with E-state index in [1.54, 1.807) is 0 Å². The molecule has 0 radical (unpaired) electrons. The molecule has 0 heterocycles. The molecule has 198 valence electrons. The maximum atomic E-state index is 15.2. The van der Waals surface area contributed by atoms with Crippen molar-refractivity contribution in [1.29, 1.82) is 0 Å². The predicted molar refractivity (Wildman–Crippen MR) is 116 cm³/mol. The molecule has 0 atom stereocenters. The molecule has 0 aliphatic heterocycles. The van der Waals surface area contributed by atoms with Crippen LogP contribution in [0.25, 0.3) is 21.9 Å². The molecule has 0 bridgehead atoms. The lowest BCUT2D eigenvalue weighted by atomic mass is 9.87. The van der Waals surface area contributed by atoms with Gasteiger partial charge < -0.3 is 9.80 Å². The third-order valence-electron chi connectivity index (χ3n) is 7.01. The highest BCUT2D eigenvalue weighted by Gasteiger charge is 2.83. The fraction of sp³-hybridized carbons (Fsp3) is 0.375. The van der Waals surface area contributed by atoms with Gasteiger partial charge in [-0.1, -0.05) is 12.1 Å². The Hall–Kier alpha value is -3.25. The number of halogens is 10. The zero-order valence-corrected chi connectivity index (χ0v) is 19.4. The highest BCUT2D eigenvalue weighted by Crippen LogP contribution is 2.69. The van der Waals surface area contributed by atoms with Crippen LogP contribution in [0.1, 0.15) is 11.1 Å². The number of fused-ring (bicyclic) bond motifs is 3. The lowest BCUT2D eigenvalue weighted by Crippen LogP contribution is -2.49. The van der Waals surface area contributed by atoms with Crippen LogP contribution in [0.5, 0.6) is 0 Å². The van der Waals surface area contributed by atoms with Crippen molar-refractivity contribution in [2.45, 2.75) is 29.6 Å². The molecule has 2 aromatic rings. The molecule has 3 aliphatic rings. The molecule has 0 spiro atoms. The summed E-state index contributed by atoms with van der Waals surface area (Å²) >= 11 is 0. The van der Waals surface area contributed by atoms with E-state index in [-0.39, 0.29) is 16.8 Å². The first-order valence-electron chi connectivity index (χ1n) is 10.7. The number of Topliss-reactive ketones (excluding diaryl/α,β-unsaturated/α-hetero) is 1. The Labute approximate surface area is 202 Å². The minimum Gasteiger partial charge on any atom is -0.377 e. The first-order chi connectivity index (χ1) is 16.8. The molecule has 5 rings (SSSR count). The van der Waals surface area contributed by atoms with Crippen LogP contribution >= 0.6 is 0 Å². The van der Waals surface area contributed by atoms with Crippen molar-refractivity contribution in [2.75, 3.05) is 38.0 Å². The number of ketones is 1. The molecule has 0 amide bonds. The summed E-state index contributed by atoms with van der Waals surface area (Å²) in [5.74, 6) is -31.9. The summed E-state index contributed by atoms with van der Waals surface area (Å²) in [5.41, 5.74) is -10.4. The fourth-order valence-corrected chi connectivity index (χ4v) is 5.30. The van der Waals surface area contributed by atoms with Crippen LogP contribution in [-0.4, -0.2) is 63.6 Å². The number of hydrogen-bond donors (Lipinski definition) is 0. The predicted octanol–water partition coefficient (Wildman–Crippen LogP) is 6.27. The van der Waals surface area contributed by atoms with Crippen molar-refractivity contribution in [3.8, 4) is 0 Å². The summed E-state index contributed by atoms with van der Waals surface area (Å²) in [6.07, 6.45) is 0. The average molecular weight is 538 g/mol. The summed E-state index contributed by atoms with van der Waals surface area (Å²) in [4.78, 5) is 15.4. The zero-order valence-electron chi connectivity index (χ0n) is 19.4. The Kier molecular flexibility index (Phi) is 4.66. The van der Waals surface area contributed by atoms with Gasteiger partial charge in [0.15, 0.2) is 0 Å². The maximum Gasteiger partial charge on any atom is 0.380 e. The monoisotopic (exact) mass is 538 g/mol. The van der Waals surface area contributed by atoms with E-state index in [2.05, 4.69) is 0 Å². The third kappa shape index (κ3) is 2.57. The van der Waals surface area contributed by atoms with Crippen molar-refractivity contribution in [3.63, 3.8) is 0 Å². The van der Waals surface area contributed by atoms with E-state index in [0.717, 1.165) is 24.3 Å². The minimum absolute atomic E-state index is 0.126. The van der Waals surface area contributed by atoms with Gasteiger partial charge in [-0.15, -0.1) is 0 Å². The minimum atomic E-state index is -6.21. The van der Waals surface area contributed by atoms with Gasteiger partial charge >= 0.3 is 29.6 Å². The highest BCUT2D eigenvalue weighted by molar-refractivity contribution is 6.25. The first-order valence-corrected chi connectivity index (χ1v) is 10.7. The van der Waals surface area contributed by atoms with Crippen LogP contribution in [0, 0.1) is 0 Å². The molecule has 0 saturated carbocycles. The Balaban J connectivity index is 2.14. The number of carbonyl (C=O) groups is 1. The van der Waals surface area contributed by atoms with E-state index in [1.165, 1.54) is 38.0 Å². The Bertz CT molecular complexity index is 1470. The van der Waals surface area contributed by atoms with E-state index in [9.17, 15) is 22.4 Å². The van der Waals surface area contributed by atoms with Crippen LogP contribution in [0.2, 0.25) is 0 Å². The molecular weight excluding hydrogens is 522 g/mol. The lowest BCUT2D eigenvalue weighted by Gasteiger charge is -2.29. The van der Waals surface area contributed by atoms with Gasteiger partial charge in [0.1, 0.15) is 0 Å². The number of rotatable bonds is 2. The van der Waals surface area contributed by atoms with Gasteiger partial charge in [-0.05, 0) is 23.3 Å². The van der Waals surface area contributed by atoms with Crippen molar-refractivity contribution >= 4 is 39.1 Å². The zero-order chi connectivity index (χ0) is 27.8.